The maximum atomic E-state index is 12.6. The van der Waals surface area contributed by atoms with Crippen molar-refractivity contribution in [2.45, 2.75) is 13.8 Å². The number of hydrogen-bond acceptors (Lipinski definition) is 3. The molecule has 0 unspecified atom stereocenters. The van der Waals surface area contributed by atoms with Crippen LogP contribution < -0.4 is 15.4 Å². The van der Waals surface area contributed by atoms with Crippen molar-refractivity contribution >= 4 is 23.2 Å². The molecule has 5 heteroatoms. The van der Waals surface area contributed by atoms with E-state index in [1.165, 1.54) is 0 Å². The molecule has 0 heterocycles. The standard InChI is InChI=1S/C23H22N2O3/c1-15-11-16(2)13-20(12-15)25-23(27)18-6-4-5-17(14-18)22(26)24-19-7-9-21(28-3)10-8-19/h4-14H,1-3H3,(H,24,26)(H,25,27). The number of nitrogens with one attached hydrogen (secondary N) is 2. The van der Waals surface area contributed by atoms with Crippen LogP contribution >= 0.6 is 0 Å². The van der Waals surface area contributed by atoms with Gasteiger partial charge in [-0.3, -0.25) is 9.59 Å². The maximum Gasteiger partial charge on any atom is 0.255 e. The van der Waals surface area contributed by atoms with E-state index in [2.05, 4.69) is 10.6 Å². The third kappa shape index (κ3) is 4.76. The number of rotatable bonds is 5. The molecule has 2 amide bonds. The van der Waals surface area contributed by atoms with E-state index in [1.54, 1.807) is 55.6 Å². The Labute approximate surface area is 164 Å². The van der Waals surface area contributed by atoms with Crippen molar-refractivity contribution in [2.24, 2.45) is 0 Å². The Kier molecular flexibility index (Phi) is 5.75. The van der Waals surface area contributed by atoms with Gasteiger partial charge in [0.25, 0.3) is 11.8 Å². The minimum Gasteiger partial charge on any atom is -0.497 e. The molecule has 28 heavy (non-hydrogen) atoms. The number of ether oxygens (including phenoxy) is 1. The van der Waals surface area contributed by atoms with Crippen LogP contribution in [0.4, 0.5) is 11.4 Å². The highest BCUT2D eigenvalue weighted by molar-refractivity contribution is 6.08. The van der Waals surface area contributed by atoms with Crippen LogP contribution in [0.1, 0.15) is 31.8 Å². The van der Waals surface area contributed by atoms with Crippen LogP contribution in [0.15, 0.2) is 66.7 Å². The number of carbonyl (C=O) groups is 2. The van der Waals surface area contributed by atoms with Gasteiger partial charge in [0.15, 0.2) is 0 Å². The third-order valence-electron chi connectivity index (χ3n) is 4.21. The van der Waals surface area contributed by atoms with Crippen molar-refractivity contribution in [2.75, 3.05) is 17.7 Å². The van der Waals surface area contributed by atoms with Crippen LogP contribution in [0.5, 0.6) is 5.75 Å². The van der Waals surface area contributed by atoms with Crippen molar-refractivity contribution in [3.63, 3.8) is 0 Å². The summed E-state index contributed by atoms with van der Waals surface area (Å²) in [6.07, 6.45) is 0. The average Bonchev–Trinajstić information content (AvgIpc) is 2.68. The Bertz CT molecular complexity index is 990. The van der Waals surface area contributed by atoms with Crippen LogP contribution in [-0.2, 0) is 0 Å². The van der Waals surface area contributed by atoms with Gasteiger partial charge in [0.05, 0.1) is 7.11 Å². The van der Waals surface area contributed by atoms with E-state index in [0.717, 1.165) is 16.8 Å². The summed E-state index contributed by atoms with van der Waals surface area (Å²) in [6, 6.07) is 19.5. The molecule has 0 fully saturated rings. The number of benzene rings is 3. The Morgan fingerprint density at radius 2 is 1.25 bits per heavy atom. The van der Waals surface area contributed by atoms with Gasteiger partial charge in [0.1, 0.15) is 5.75 Å². The molecule has 3 aromatic rings. The molecule has 0 radical (unpaired) electrons. The molecule has 0 aromatic heterocycles. The first-order chi connectivity index (χ1) is 13.4. The normalized spacial score (nSPS) is 10.2. The summed E-state index contributed by atoms with van der Waals surface area (Å²) >= 11 is 0. The van der Waals surface area contributed by atoms with Crippen molar-refractivity contribution in [3.8, 4) is 5.75 Å². The molecule has 0 bridgehead atoms. The highest BCUT2D eigenvalue weighted by atomic mass is 16.5. The smallest absolute Gasteiger partial charge is 0.255 e. The number of hydrogen-bond donors (Lipinski definition) is 2. The fourth-order valence-electron chi connectivity index (χ4n) is 2.93. The van der Waals surface area contributed by atoms with Crippen LogP contribution in [0.2, 0.25) is 0 Å². The largest absolute Gasteiger partial charge is 0.497 e. The minimum absolute atomic E-state index is 0.260. The second-order valence-electron chi connectivity index (χ2n) is 6.59. The van der Waals surface area contributed by atoms with E-state index in [4.69, 9.17) is 4.74 Å². The van der Waals surface area contributed by atoms with E-state index in [1.807, 2.05) is 32.0 Å². The molecule has 3 aromatic carbocycles. The molecular weight excluding hydrogens is 352 g/mol. The van der Waals surface area contributed by atoms with Crippen LogP contribution in [0.3, 0.4) is 0 Å². The predicted molar refractivity (Wildman–Crippen MR) is 111 cm³/mol. The average molecular weight is 374 g/mol. The molecule has 5 nitrogen and oxygen atoms in total. The van der Waals surface area contributed by atoms with Gasteiger partial charge < -0.3 is 15.4 Å². The molecule has 0 spiro atoms. The van der Waals surface area contributed by atoms with Crippen molar-refractivity contribution in [1.29, 1.82) is 0 Å². The van der Waals surface area contributed by atoms with Crippen molar-refractivity contribution in [3.05, 3.63) is 89.0 Å². The van der Waals surface area contributed by atoms with E-state index in [-0.39, 0.29) is 11.8 Å². The summed E-state index contributed by atoms with van der Waals surface area (Å²) in [5, 5.41) is 5.70. The fraction of sp³-hybridized carbons (Fsp3) is 0.130. The summed E-state index contributed by atoms with van der Waals surface area (Å²) in [7, 11) is 1.59. The second-order valence-corrected chi connectivity index (χ2v) is 6.59. The van der Waals surface area contributed by atoms with E-state index < -0.39 is 0 Å². The lowest BCUT2D eigenvalue weighted by Gasteiger charge is -2.10. The van der Waals surface area contributed by atoms with Gasteiger partial charge in [-0.1, -0.05) is 12.1 Å². The number of methoxy groups -OCH3 is 1. The number of amides is 2. The van der Waals surface area contributed by atoms with Gasteiger partial charge in [0, 0.05) is 22.5 Å². The first-order valence-electron chi connectivity index (χ1n) is 8.90. The highest BCUT2D eigenvalue weighted by Crippen LogP contribution is 2.18. The molecule has 0 aliphatic rings. The number of anilines is 2. The van der Waals surface area contributed by atoms with E-state index >= 15 is 0 Å². The number of carbonyl (C=O) groups excluding carboxylic acids is 2. The third-order valence-corrected chi connectivity index (χ3v) is 4.21. The summed E-state index contributed by atoms with van der Waals surface area (Å²) in [5.74, 6) is 0.165. The Morgan fingerprint density at radius 1 is 0.714 bits per heavy atom. The molecule has 0 aliphatic carbocycles. The zero-order valence-electron chi connectivity index (χ0n) is 16.1. The van der Waals surface area contributed by atoms with Crippen LogP contribution in [0, 0.1) is 13.8 Å². The minimum atomic E-state index is -0.286. The lowest BCUT2D eigenvalue weighted by atomic mass is 10.1. The summed E-state index contributed by atoms with van der Waals surface area (Å²) in [4.78, 5) is 25.1. The Morgan fingerprint density at radius 3 is 1.79 bits per heavy atom. The topological polar surface area (TPSA) is 67.4 Å². The summed E-state index contributed by atoms with van der Waals surface area (Å²) < 4.78 is 5.11. The molecule has 3 rings (SSSR count). The lowest BCUT2D eigenvalue weighted by molar-refractivity contribution is 0.102. The zero-order valence-corrected chi connectivity index (χ0v) is 16.1. The lowest BCUT2D eigenvalue weighted by Crippen LogP contribution is -2.15. The first-order valence-corrected chi connectivity index (χ1v) is 8.90. The van der Waals surface area contributed by atoms with Gasteiger partial charge in [-0.05, 0) is 79.6 Å². The van der Waals surface area contributed by atoms with Gasteiger partial charge in [0.2, 0.25) is 0 Å². The molecule has 0 saturated carbocycles. The predicted octanol–water partition coefficient (Wildman–Crippen LogP) is 4.82. The Balaban J connectivity index is 1.73. The molecule has 0 saturated heterocycles. The second kappa shape index (κ2) is 8.39. The van der Waals surface area contributed by atoms with Gasteiger partial charge in [-0.2, -0.15) is 0 Å². The highest BCUT2D eigenvalue weighted by Gasteiger charge is 2.11. The van der Waals surface area contributed by atoms with Crippen molar-refractivity contribution in [1.82, 2.24) is 0 Å². The van der Waals surface area contributed by atoms with Crippen LogP contribution in [0.25, 0.3) is 0 Å². The van der Waals surface area contributed by atoms with E-state index in [0.29, 0.717) is 22.6 Å². The monoisotopic (exact) mass is 374 g/mol. The molecule has 2 N–H and O–H groups in total. The van der Waals surface area contributed by atoms with Gasteiger partial charge in [-0.15, -0.1) is 0 Å². The summed E-state index contributed by atoms with van der Waals surface area (Å²) in [6.45, 7) is 3.96. The van der Waals surface area contributed by atoms with Gasteiger partial charge >= 0.3 is 0 Å². The SMILES string of the molecule is COc1ccc(NC(=O)c2cccc(C(=O)Nc3cc(C)cc(C)c3)c2)cc1. The number of aryl methyl sites for hydroxylation is 2. The van der Waals surface area contributed by atoms with Crippen LogP contribution in [-0.4, -0.2) is 18.9 Å². The van der Waals surface area contributed by atoms with E-state index in [9.17, 15) is 9.59 Å². The molecule has 142 valence electrons. The fourth-order valence-corrected chi connectivity index (χ4v) is 2.93. The molecular formula is C23H22N2O3. The first kappa shape index (κ1) is 19.2. The zero-order chi connectivity index (χ0) is 20.1. The van der Waals surface area contributed by atoms with Crippen molar-refractivity contribution < 1.29 is 14.3 Å². The maximum absolute atomic E-state index is 12.6. The Hall–Kier alpha value is -3.60. The molecule has 0 aliphatic heterocycles. The quantitative estimate of drug-likeness (QED) is 0.673. The van der Waals surface area contributed by atoms with Gasteiger partial charge in [-0.25, -0.2) is 0 Å². The summed E-state index contributed by atoms with van der Waals surface area (Å²) in [5.41, 5.74) is 4.35. The molecule has 0 atom stereocenters.